The minimum absolute atomic E-state index is 0.00650. The van der Waals surface area contributed by atoms with Crippen molar-refractivity contribution in [2.75, 3.05) is 6.16 Å². The molecule has 7 nitrogen and oxygen atoms in total. The third kappa shape index (κ3) is 8.28. The zero-order valence-electron chi connectivity index (χ0n) is 12.5. The number of pyridine rings is 1. The lowest BCUT2D eigenvalue weighted by molar-refractivity contribution is -0.142. The summed E-state index contributed by atoms with van der Waals surface area (Å²) in [6.45, 7) is 0. The van der Waals surface area contributed by atoms with Crippen molar-refractivity contribution in [1.82, 2.24) is 4.98 Å². The summed E-state index contributed by atoms with van der Waals surface area (Å²) in [6.07, 6.45) is 6.00. The van der Waals surface area contributed by atoms with Gasteiger partial charge in [-0.1, -0.05) is 18.2 Å². The Morgan fingerprint density at radius 2 is 2.04 bits per heavy atom. The largest absolute Gasteiger partial charge is 0.481 e. The molecule has 8 heteroatoms. The molecule has 0 saturated heterocycles. The summed E-state index contributed by atoms with van der Waals surface area (Å²) in [7, 11) is -3.40. The SMILES string of the molecule is O=C(O)CCC(CC=CCP(=O)(O)Cc1cccnc1)C(=O)O. The topological polar surface area (TPSA) is 125 Å². The van der Waals surface area contributed by atoms with Gasteiger partial charge in [0.05, 0.1) is 12.1 Å². The summed E-state index contributed by atoms with van der Waals surface area (Å²) in [5.41, 5.74) is 0.664. The van der Waals surface area contributed by atoms with E-state index in [0.717, 1.165) is 0 Å². The number of carbonyl (C=O) groups is 2. The van der Waals surface area contributed by atoms with Gasteiger partial charge in [0, 0.05) is 25.0 Å². The highest BCUT2D eigenvalue weighted by Gasteiger charge is 2.19. The van der Waals surface area contributed by atoms with E-state index in [2.05, 4.69) is 4.98 Å². The highest BCUT2D eigenvalue weighted by atomic mass is 31.2. The number of carboxylic acids is 2. The Morgan fingerprint density at radius 3 is 2.61 bits per heavy atom. The van der Waals surface area contributed by atoms with Crippen molar-refractivity contribution in [3.63, 3.8) is 0 Å². The molecule has 2 unspecified atom stereocenters. The quantitative estimate of drug-likeness (QED) is 0.440. The monoisotopic (exact) mass is 341 g/mol. The van der Waals surface area contributed by atoms with Crippen LogP contribution in [0, 0.1) is 5.92 Å². The Labute approximate surface area is 134 Å². The van der Waals surface area contributed by atoms with E-state index in [1.165, 1.54) is 18.3 Å². The first-order chi connectivity index (χ1) is 10.8. The maximum atomic E-state index is 12.1. The molecule has 0 spiro atoms. The molecule has 23 heavy (non-hydrogen) atoms. The maximum Gasteiger partial charge on any atom is 0.306 e. The Balaban J connectivity index is 2.48. The van der Waals surface area contributed by atoms with Gasteiger partial charge in [0.1, 0.15) is 0 Å². The van der Waals surface area contributed by atoms with Crippen LogP contribution in [0.2, 0.25) is 0 Å². The van der Waals surface area contributed by atoms with Crippen LogP contribution in [0.1, 0.15) is 24.8 Å². The van der Waals surface area contributed by atoms with Crippen molar-refractivity contribution < 1.29 is 29.3 Å². The highest BCUT2D eigenvalue weighted by molar-refractivity contribution is 7.57. The molecule has 0 fully saturated rings. The molecule has 1 aromatic rings. The summed E-state index contributed by atoms with van der Waals surface area (Å²) in [6, 6.07) is 3.40. The van der Waals surface area contributed by atoms with E-state index in [1.54, 1.807) is 18.3 Å². The first-order valence-corrected chi connectivity index (χ1v) is 9.12. The van der Waals surface area contributed by atoms with Crippen molar-refractivity contribution >= 4 is 19.3 Å². The molecular weight excluding hydrogens is 321 g/mol. The van der Waals surface area contributed by atoms with E-state index >= 15 is 0 Å². The van der Waals surface area contributed by atoms with Gasteiger partial charge in [-0.15, -0.1) is 0 Å². The maximum absolute atomic E-state index is 12.1. The van der Waals surface area contributed by atoms with Crippen LogP contribution in [-0.2, 0) is 20.3 Å². The summed E-state index contributed by atoms with van der Waals surface area (Å²) in [5, 5.41) is 17.6. The minimum Gasteiger partial charge on any atom is -0.481 e. The van der Waals surface area contributed by atoms with E-state index < -0.39 is 25.2 Å². The fourth-order valence-corrected chi connectivity index (χ4v) is 3.35. The first-order valence-electron chi connectivity index (χ1n) is 7.09. The van der Waals surface area contributed by atoms with Gasteiger partial charge in [-0.2, -0.15) is 0 Å². The molecule has 0 saturated carbocycles. The summed E-state index contributed by atoms with van der Waals surface area (Å²) in [5.74, 6) is -2.92. The van der Waals surface area contributed by atoms with Gasteiger partial charge in [0.2, 0.25) is 7.37 Å². The molecule has 0 aliphatic heterocycles. The van der Waals surface area contributed by atoms with Crippen molar-refractivity contribution in [2.45, 2.75) is 25.4 Å². The van der Waals surface area contributed by atoms with Gasteiger partial charge < -0.3 is 15.1 Å². The lowest BCUT2D eigenvalue weighted by Gasteiger charge is -2.10. The number of carboxylic acid groups (broad SMARTS) is 2. The lowest BCUT2D eigenvalue weighted by atomic mass is 9.99. The molecule has 0 aromatic carbocycles. The molecule has 1 aromatic heterocycles. The van der Waals surface area contributed by atoms with E-state index in [0.29, 0.717) is 5.56 Å². The Hall–Kier alpha value is -1.98. The van der Waals surface area contributed by atoms with Crippen LogP contribution in [0.25, 0.3) is 0 Å². The molecule has 1 rings (SSSR count). The second-order valence-corrected chi connectivity index (χ2v) is 7.60. The fraction of sp³-hybridized carbons (Fsp3) is 0.400. The third-order valence-electron chi connectivity index (χ3n) is 3.19. The van der Waals surface area contributed by atoms with Crippen LogP contribution in [0.5, 0.6) is 0 Å². The van der Waals surface area contributed by atoms with Crippen LogP contribution in [0.3, 0.4) is 0 Å². The van der Waals surface area contributed by atoms with Gasteiger partial charge in [-0.3, -0.25) is 19.1 Å². The number of aromatic nitrogens is 1. The number of hydrogen-bond acceptors (Lipinski definition) is 4. The van der Waals surface area contributed by atoms with Gasteiger partial charge >= 0.3 is 11.9 Å². The predicted molar refractivity (Wildman–Crippen MR) is 84.4 cm³/mol. The second-order valence-electron chi connectivity index (χ2n) is 5.22. The molecule has 126 valence electrons. The predicted octanol–water partition coefficient (Wildman–Crippen LogP) is 2.36. The van der Waals surface area contributed by atoms with Crippen molar-refractivity contribution in [2.24, 2.45) is 5.92 Å². The van der Waals surface area contributed by atoms with E-state index in [-0.39, 0.29) is 31.6 Å². The molecule has 0 aliphatic rings. The molecule has 3 N–H and O–H groups in total. The fourth-order valence-electron chi connectivity index (χ4n) is 1.98. The zero-order chi connectivity index (χ0) is 17.3. The van der Waals surface area contributed by atoms with Crippen LogP contribution in [0.4, 0.5) is 0 Å². The normalized spacial score (nSPS) is 15.2. The van der Waals surface area contributed by atoms with Crippen molar-refractivity contribution in [3.8, 4) is 0 Å². The van der Waals surface area contributed by atoms with E-state index in [1.807, 2.05) is 0 Å². The zero-order valence-corrected chi connectivity index (χ0v) is 13.4. The van der Waals surface area contributed by atoms with Crippen LogP contribution < -0.4 is 0 Å². The van der Waals surface area contributed by atoms with Crippen LogP contribution in [0.15, 0.2) is 36.7 Å². The number of rotatable bonds is 10. The second kappa shape index (κ2) is 9.22. The molecule has 2 atom stereocenters. The first kappa shape index (κ1) is 19.1. The van der Waals surface area contributed by atoms with Crippen LogP contribution >= 0.6 is 7.37 Å². The number of allylic oxidation sites excluding steroid dienone is 2. The highest BCUT2D eigenvalue weighted by Crippen LogP contribution is 2.44. The lowest BCUT2D eigenvalue weighted by Crippen LogP contribution is -2.14. The average Bonchev–Trinajstić information content (AvgIpc) is 2.46. The van der Waals surface area contributed by atoms with Gasteiger partial charge in [0.25, 0.3) is 0 Å². The summed E-state index contributed by atoms with van der Waals surface area (Å²) in [4.78, 5) is 35.3. The summed E-state index contributed by atoms with van der Waals surface area (Å²) < 4.78 is 12.1. The van der Waals surface area contributed by atoms with Crippen molar-refractivity contribution in [3.05, 3.63) is 42.2 Å². The standard InChI is InChI=1S/C15H20NO6P/c17-14(18)7-6-13(15(19)20)5-1-2-9-23(21,22)11-12-4-3-8-16-10-12/h1-4,8,10,13H,5-7,9,11H2,(H,17,18)(H,19,20)(H,21,22). The average molecular weight is 341 g/mol. The van der Waals surface area contributed by atoms with Gasteiger partial charge in [-0.05, 0) is 24.5 Å². The van der Waals surface area contributed by atoms with Crippen LogP contribution in [-0.4, -0.2) is 38.2 Å². The smallest absolute Gasteiger partial charge is 0.306 e. The summed E-state index contributed by atoms with van der Waals surface area (Å²) >= 11 is 0. The Kier molecular flexibility index (Phi) is 7.65. The Morgan fingerprint density at radius 1 is 1.30 bits per heavy atom. The molecular formula is C15H20NO6P. The van der Waals surface area contributed by atoms with E-state index in [4.69, 9.17) is 10.2 Å². The molecule has 0 aliphatic carbocycles. The van der Waals surface area contributed by atoms with Crippen molar-refractivity contribution in [1.29, 1.82) is 0 Å². The van der Waals surface area contributed by atoms with Gasteiger partial charge in [0.15, 0.2) is 0 Å². The Bertz CT molecular complexity index is 601. The number of aliphatic carboxylic acids is 2. The molecule has 0 amide bonds. The number of nitrogens with zero attached hydrogens (tertiary/aromatic N) is 1. The van der Waals surface area contributed by atoms with Gasteiger partial charge in [-0.25, -0.2) is 0 Å². The molecule has 0 bridgehead atoms. The minimum atomic E-state index is -3.40. The molecule has 0 radical (unpaired) electrons. The van der Waals surface area contributed by atoms with E-state index in [9.17, 15) is 19.0 Å². The molecule has 1 heterocycles. The number of hydrogen-bond donors (Lipinski definition) is 3. The third-order valence-corrected chi connectivity index (χ3v) is 4.83.